The summed E-state index contributed by atoms with van der Waals surface area (Å²) in [6.07, 6.45) is -0.293. The number of aromatic nitrogens is 4. The van der Waals surface area contributed by atoms with E-state index >= 15 is 0 Å². The van der Waals surface area contributed by atoms with Crippen LogP contribution in [-0.4, -0.2) is 19.3 Å². The van der Waals surface area contributed by atoms with Crippen molar-refractivity contribution in [1.29, 1.82) is 0 Å². The number of benzene rings is 3. The van der Waals surface area contributed by atoms with Crippen molar-refractivity contribution in [3.63, 3.8) is 0 Å². The van der Waals surface area contributed by atoms with Crippen LogP contribution >= 0.6 is 11.6 Å². The fourth-order valence-corrected chi connectivity index (χ4v) is 4.66. The molecule has 3 aromatic carbocycles. The van der Waals surface area contributed by atoms with E-state index in [4.69, 9.17) is 16.6 Å². The van der Waals surface area contributed by atoms with E-state index in [1.54, 1.807) is 16.8 Å². The predicted molar refractivity (Wildman–Crippen MR) is 120 cm³/mol. The fraction of sp³-hybridized carbons (Fsp3) is 0.0833. The van der Waals surface area contributed by atoms with Crippen LogP contribution in [0.2, 0.25) is 5.15 Å². The van der Waals surface area contributed by atoms with Gasteiger partial charge in [-0.1, -0.05) is 35.9 Å². The standard InChI is InChI=1S/C24H17ClFN5/c1-14-21(22(25)31(29-14)16-12-10-15(26)11-13-16)24-27-18-7-3-2-6-17(18)23-28-19-8-4-5-9-20(19)30(23)24/h2-13,24,27H,1H3/t24-/m0/s1. The molecule has 0 spiro atoms. The van der Waals surface area contributed by atoms with E-state index in [0.717, 1.165) is 39.4 Å². The third-order valence-electron chi connectivity index (χ3n) is 5.71. The van der Waals surface area contributed by atoms with Crippen LogP contribution < -0.4 is 5.32 Å². The summed E-state index contributed by atoms with van der Waals surface area (Å²) in [7, 11) is 0. The Hall–Kier alpha value is -3.64. The highest BCUT2D eigenvalue weighted by Crippen LogP contribution is 2.43. The molecule has 7 heteroatoms. The van der Waals surface area contributed by atoms with Crippen molar-refractivity contribution in [2.75, 3.05) is 5.32 Å². The molecule has 0 unspecified atom stereocenters. The monoisotopic (exact) mass is 429 g/mol. The third kappa shape index (κ3) is 2.68. The second-order valence-electron chi connectivity index (χ2n) is 7.56. The smallest absolute Gasteiger partial charge is 0.145 e. The van der Waals surface area contributed by atoms with Gasteiger partial charge in [-0.05, 0) is 55.5 Å². The molecule has 5 nitrogen and oxygen atoms in total. The van der Waals surface area contributed by atoms with Crippen LogP contribution in [0, 0.1) is 12.7 Å². The molecule has 1 N–H and O–H groups in total. The molecule has 0 saturated carbocycles. The average Bonchev–Trinajstić information content (AvgIpc) is 3.31. The molecule has 6 rings (SSSR count). The number of hydrogen-bond acceptors (Lipinski definition) is 3. The van der Waals surface area contributed by atoms with Crippen LogP contribution in [0.1, 0.15) is 17.4 Å². The van der Waals surface area contributed by atoms with Gasteiger partial charge < -0.3 is 5.32 Å². The van der Waals surface area contributed by atoms with Crippen LogP contribution in [0.4, 0.5) is 10.1 Å². The summed E-state index contributed by atoms with van der Waals surface area (Å²) >= 11 is 6.88. The lowest BCUT2D eigenvalue weighted by atomic mass is 10.1. The van der Waals surface area contributed by atoms with Gasteiger partial charge in [-0.2, -0.15) is 5.10 Å². The first-order valence-electron chi connectivity index (χ1n) is 9.95. The predicted octanol–water partition coefficient (Wildman–Crippen LogP) is 5.96. The van der Waals surface area contributed by atoms with Gasteiger partial charge in [0.15, 0.2) is 0 Å². The highest BCUT2D eigenvalue weighted by molar-refractivity contribution is 6.30. The maximum atomic E-state index is 13.4. The zero-order valence-corrected chi connectivity index (χ0v) is 17.3. The van der Waals surface area contributed by atoms with Crippen molar-refractivity contribution in [1.82, 2.24) is 19.3 Å². The molecule has 0 bridgehead atoms. The van der Waals surface area contributed by atoms with E-state index in [2.05, 4.69) is 27.1 Å². The number of imidazole rings is 1. The Bertz CT molecular complexity index is 1450. The molecule has 5 aromatic rings. The average molecular weight is 430 g/mol. The first-order valence-corrected chi connectivity index (χ1v) is 10.3. The van der Waals surface area contributed by atoms with E-state index in [9.17, 15) is 4.39 Å². The maximum absolute atomic E-state index is 13.4. The lowest BCUT2D eigenvalue weighted by molar-refractivity contribution is 0.627. The lowest BCUT2D eigenvalue weighted by Crippen LogP contribution is -2.25. The second kappa shape index (κ2) is 6.68. The Morgan fingerprint density at radius 1 is 0.968 bits per heavy atom. The largest absolute Gasteiger partial charge is 0.360 e. The molecule has 1 aliphatic heterocycles. The van der Waals surface area contributed by atoms with Gasteiger partial charge in [-0.3, -0.25) is 4.57 Å². The third-order valence-corrected chi connectivity index (χ3v) is 6.07. The SMILES string of the molecule is Cc1nn(-c2ccc(F)cc2)c(Cl)c1[C@H]1Nc2ccccc2-c2nc3ccccc3n21. The molecule has 0 amide bonds. The van der Waals surface area contributed by atoms with Crippen LogP contribution in [0.3, 0.4) is 0 Å². The first kappa shape index (κ1) is 18.2. The van der Waals surface area contributed by atoms with E-state index in [1.165, 1.54) is 12.1 Å². The number of hydrogen-bond donors (Lipinski definition) is 1. The molecule has 0 saturated heterocycles. The van der Waals surface area contributed by atoms with Gasteiger partial charge in [0.1, 0.15) is 23.0 Å². The maximum Gasteiger partial charge on any atom is 0.145 e. The summed E-state index contributed by atoms with van der Waals surface area (Å²) in [6, 6.07) is 22.3. The van der Waals surface area contributed by atoms with Crippen LogP contribution in [-0.2, 0) is 0 Å². The van der Waals surface area contributed by atoms with Crippen molar-refractivity contribution in [2.24, 2.45) is 0 Å². The molecule has 31 heavy (non-hydrogen) atoms. The molecular weight excluding hydrogens is 413 g/mol. The van der Waals surface area contributed by atoms with Crippen molar-refractivity contribution >= 4 is 28.3 Å². The van der Waals surface area contributed by atoms with Gasteiger partial charge in [0, 0.05) is 11.3 Å². The van der Waals surface area contributed by atoms with Crippen LogP contribution in [0.25, 0.3) is 28.1 Å². The second-order valence-corrected chi connectivity index (χ2v) is 7.92. The minimum absolute atomic E-state index is 0.293. The number of rotatable bonds is 2. The number of nitrogens with zero attached hydrogens (tertiary/aromatic N) is 4. The van der Waals surface area contributed by atoms with Gasteiger partial charge >= 0.3 is 0 Å². The summed E-state index contributed by atoms with van der Waals surface area (Å²) < 4.78 is 17.2. The Morgan fingerprint density at radius 2 is 1.71 bits per heavy atom. The molecule has 2 aromatic heterocycles. The topological polar surface area (TPSA) is 47.7 Å². The fourth-order valence-electron chi connectivity index (χ4n) is 4.29. The van der Waals surface area contributed by atoms with Gasteiger partial charge in [-0.15, -0.1) is 0 Å². The highest BCUT2D eigenvalue weighted by atomic mass is 35.5. The van der Waals surface area contributed by atoms with Crippen LogP contribution in [0.15, 0.2) is 72.8 Å². The van der Waals surface area contributed by atoms with Crippen molar-refractivity contribution in [3.05, 3.63) is 95.0 Å². The number of para-hydroxylation sites is 3. The van der Waals surface area contributed by atoms with Gasteiger partial charge in [0.05, 0.1) is 28.0 Å². The van der Waals surface area contributed by atoms with Gasteiger partial charge in [0.2, 0.25) is 0 Å². The minimum atomic E-state index is -0.302. The quantitative estimate of drug-likeness (QED) is 0.376. The van der Waals surface area contributed by atoms with Crippen molar-refractivity contribution < 1.29 is 4.39 Å². The Kier molecular flexibility index (Phi) is 3.91. The van der Waals surface area contributed by atoms with E-state index in [0.29, 0.717) is 10.8 Å². The summed E-state index contributed by atoms with van der Waals surface area (Å²) in [4.78, 5) is 4.92. The lowest BCUT2D eigenvalue weighted by Gasteiger charge is -2.30. The van der Waals surface area contributed by atoms with E-state index < -0.39 is 0 Å². The summed E-state index contributed by atoms with van der Waals surface area (Å²) in [5.74, 6) is 0.578. The zero-order chi connectivity index (χ0) is 21.1. The number of fused-ring (bicyclic) bond motifs is 5. The van der Waals surface area contributed by atoms with Gasteiger partial charge in [0.25, 0.3) is 0 Å². The van der Waals surface area contributed by atoms with Crippen LogP contribution in [0.5, 0.6) is 0 Å². The molecule has 1 atom stereocenters. The molecule has 0 aliphatic carbocycles. The first-order chi connectivity index (χ1) is 15.1. The van der Waals surface area contributed by atoms with Crippen molar-refractivity contribution in [2.45, 2.75) is 13.1 Å². The summed E-state index contributed by atoms with van der Waals surface area (Å²) in [5, 5.41) is 8.77. The van der Waals surface area contributed by atoms with Crippen molar-refractivity contribution in [3.8, 4) is 17.1 Å². The Morgan fingerprint density at radius 3 is 2.55 bits per heavy atom. The molecule has 0 radical (unpaired) electrons. The van der Waals surface area contributed by atoms with Gasteiger partial charge in [-0.25, -0.2) is 14.1 Å². The number of anilines is 1. The number of halogens is 2. The summed E-state index contributed by atoms with van der Waals surface area (Å²) in [5.41, 5.74) is 6.29. The molecule has 152 valence electrons. The molecule has 3 heterocycles. The minimum Gasteiger partial charge on any atom is -0.360 e. The number of nitrogens with one attached hydrogen (secondary N) is 1. The Labute approximate surface area is 182 Å². The Balaban J connectivity index is 1.59. The normalized spacial score (nSPS) is 14.9. The molecular formula is C24H17ClFN5. The molecule has 0 fully saturated rings. The van der Waals surface area contributed by atoms with E-state index in [-0.39, 0.29) is 12.0 Å². The summed E-state index contributed by atoms with van der Waals surface area (Å²) in [6.45, 7) is 1.93. The van der Waals surface area contributed by atoms with E-state index in [1.807, 2.05) is 43.3 Å². The molecule has 1 aliphatic rings. The highest BCUT2D eigenvalue weighted by Gasteiger charge is 2.32. The zero-order valence-electron chi connectivity index (χ0n) is 16.6. The number of aryl methyl sites for hydroxylation is 1.